The molecule has 3 heterocycles. The maximum atomic E-state index is 11.6. The van der Waals surface area contributed by atoms with E-state index >= 15 is 0 Å². The zero-order valence-corrected chi connectivity index (χ0v) is 19.8. The summed E-state index contributed by atoms with van der Waals surface area (Å²) in [6, 6.07) is 0.298. The molecule has 0 spiro atoms. The van der Waals surface area contributed by atoms with E-state index in [0.29, 0.717) is 41.2 Å². The number of aromatic amines is 1. The first-order valence-electron chi connectivity index (χ1n) is 12.8. The highest BCUT2D eigenvalue weighted by molar-refractivity contribution is 5.86. The normalized spacial score (nSPS) is 24.1. The summed E-state index contributed by atoms with van der Waals surface area (Å²) >= 11 is 0. The molecule has 1 atom stereocenters. The van der Waals surface area contributed by atoms with Gasteiger partial charge in [-0.1, -0.05) is 17.7 Å². The quantitative estimate of drug-likeness (QED) is 0.468. The number of rotatable bonds is 8. The van der Waals surface area contributed by atoms with Crippen molar-refractivity contribution in [1.82, 2.24) is 29.7 Å². The van der Waals surface area contributed by atoms with Crippen LogP contribution in [0.4, 0.5) is 5.82 Å². The van der Waals surface area contributed by atoms with Crippen LogP contribution in [-0.2, 0) is 6.54 Å². The van der Waals surface area contributed by atoms with E-state index in [-0.39, 0.29) is 5.82 Å². The van der Waals surface area contributed by atoms with Crippen molar-refractivity contribution in [3.05, 3.63) is 29.0 Å². The Balaban J connectivity index is 1.42. The number of aromatic nitrogens is 6. The number of nitrogens with zero attached hydrogens (tertiary/aromatic N) is 5. The Morgan fingerprint density at radius 1 is 1.15 bits per heavy atom. The van der Waals surface area contributed by atoms with Gasteiger partial charge in [0.05, 0.1) is 0 Å². The molecule has 0 amide bonds. The van der Waals surface area contributed by atoms with Crippen LogP contribution in [-0.4, -0.2) is 35.7 Å². The summed E-state index contributed by atoms with van der Waals surface area (Å²) in [6.07, 6.45) is 13.1. The van der Waals surface area contributed by atoms with Crippen molar-refractivity contribution in [1.29, 1.82) is 0 Å². The molecule has 9 heteroatoms. The van der Waals surface area contributed by atoms with Crippen molar-refractivity contribution in [2.24, 2.45) is 17.8 Å². The summed E-state index contributed by atoms with van der Waals surface area (Å²) in [5, 5.41) is 7.52. The van der Waals surface area contributed by atoms with Crippen LogP contribution in [0.25, 0.3) is 22.8 Å². The van der Waals surface area contributed by atoms with Crippen LogP contribution in [0.1, 0.15) is 76.5 Å². The molecular formula is C25H33N7O2. The third-order valence-electron chi connectivity index (χ3n) is 8.11. The molecule has 180 valence electrons. The first-order chi connectivity index (χ1) is 16.6. The van der Waals surface area contributed by atoms with E-state index in [1.165, 1.54) is 57.8 Å². The molecule has 9 nitrogen and oxygen atoms in total. The second-order valence-corrected chi connectivity index (χ2v) is 10.5. The zero-order chi connectivity index (χ0) is 23.2. The van der Waals surface area contributed by atoms with Crippen LogP contribution < -0.4 is 11.1 Å². The number of anilines is 1. The van der Waals surface area contributed by atoms with Gasteiger partial charge in [-0.05, 0) is 76.0 Å². The summed E-state index contributed by atoms with van der Waals surface area (Å²) in [4.78, 5) is 28.7. The van der Waals surface area contributed by atoms with E-state index in [1.807, 2.05) is 0 Å². The number of imidazole rings is 1. The minimum absolute atomic E-state index is 0.233. The third kappa shape index (κ3) is 4.05. The summed E-state index contributed by atoms with van der Waals surface area (Å²) in [5.41, 5.74) is 1.65. The molecular weight excluding hydrogens is 430 g/mol. The van der Waals surface area contributed by atoms with Crippen molar-refractivity contribution in [2.45, 2.75) is 83.2 Å². The van der Waals surface area contributed by atoms with Gasteiger partial charge in [0.15, 0.2) is 11.5 Å². The second-order valence-electron chi connectivity index (χ2n) is 10.5. The predicted octanol–water partition coefficient (Wildman–Crippen LogP) is 4.64. The van der Waals surface area contributed by atoms with Gasteiger partial charge in [-0.2, -0.15) is 0 Å². The largest absolute Gasteiger partial charge is 0.439 e. The number of allylic oxidation sites excluding steroid dienone is 1. The smallest absolute Gasteiger partial charge is 0.365 e. The Hall–Kier alpha value is -2.97. The molecule has 0 radical (unpaired) electrons. The molecule has 3 aromatic heterocycles. The van der Waals surface area contributed by atoms with Gasteiger partial charge in [0.2, 0.25) is 11.6 Å². The van der Waals surface area contributed by atoms with E-state index in [4.69, 9.17) is 19.5 Å². The highest BCUT2D eigenvalue weighted by atomic mass is 16.5. The lowest BCUT2D eigenvalue weighted by atomic mass is 9.80. The van der Waals surface area contributed by atoms with Gasteiger partial charge >= 0.3 is 5.76 Å². The SMILES string of the molecule is C=C[C@H]1CC[C@H](Cn2c(C3CC3)nc3nc(-c4noc(=O)[nH]4)nc(N[C@H](C)C4CCC4)c32)CC1. The fourth-order valence-corrected chi connectivity index (χ4v) is 5.56. The minimum atomic E-state index is -0.615. The molecule has 3 fully saturated rings. The molecule has 3 aliphatic carbocycles. The van der Waals surface area contributed by atoms with Crippen LogP contribution in [0.15, 0.2) is 22.0 Å². The molecule has 0 bridgehead atoms. The van der Waals surface area contributed by atoms with E-state index < -0.39 is 5.76 Å². The van der Waals surface area contributed by atoms with Gasteiger partial charge in [-0.3, -0.25) is 9.51 Å². The van der Waals surface area contributed by atoms with Crippen molar-refractivity contribution in [3.8, 4) is 11.6 Å². The van der Waals surface area contributed by atoms with Crippen LogP contribution in [0, 0.1) is 17.8 Å². The number of hydrogen-bond donors (Lipinski definition) is 2. The lowest BCUT2D eigenvalue weighted by Crippen LogP contribution is -2.31. The third-order valence-corrected chi connectivity index (χ3v) is 8.11. The van der Waals surface area contributed by atoms with Gasteiger partial charge in [0, 0.05) is 18.5 Å². The Morgan fingerprint density at radius 3 is 2.56 bits per heavy atom. The van der Waals surface area contributed by atoms with E-state index in [1.54, 1.807) is 0 Å². The van der Waals surface area contributed by atoms with E-state index in [0.717, 1.165) is 23.7 Å². The molecule has 3 aromatic rings. The standard InChI is InChI=1S/C25H33N7O2/c1-3-15-7-9-16(10-8-15)13-32-19-20(26-14(2)17-5-4-6-17)27-22(23-30-25(33)34-31-23)28-21(19)29-24(32)18-11-12-18/h3,14-18H,1,4-13H2,2H3,(H,26,27,28)(H,30,31,33)/t14-,15-,16-/m1/s1. The lowest BCUT2D eigenvalue weighted by Gasteiger charge is -2.32. The van der Waals surface area contributed by atoms with Crippen molar-refractivity contribution >= 4 is 17.0 Å². The molecule has 34 heavy (non-hydrogen) atoms. The Kier molecular flexibility index (Phi) is 5.50. The number of nitrogens with one attached hydrogen (secondary N) is 2. The number of hydrogen-bond acceptors (Lipinski definition) is 7. The monoisotopic (exact) mass is 463 g/mol. The number of fused-ring (bicyclic) bond motifs is 1. The maximum absolute atomic E-state index is 11.6. The molecule has 2 N–H and O–H groups in total. The van der Waals surface area contributed by atoms with Crippen molar-refractivity contribution in [3.63, 3.8) is 0 Å². The highest BCUT2D eigenvalue weighted by Crippen LogP contribution is 2.43. The Bertz CT molecular complexity index is 1240. The molecule has 0 aliphatic heterocycles. The van der Waals surface area contributed by atoms with Crippen LogP contribution in [0.2, 0.25) is 0 Å². The fraction of sp³-hybridized carbons (Fsp3) is 0.640. The first kappa shape index (κ1) is 21.6. The summed E-state index contributed by atoms with van der Waals surface area (Å²) < 4.78 is 7.12. The van der Waals surface area contributed by atoms with Gasteiger partial charge < -0.3 is 9.88 Å². The topological polar surface area (TPSA) is 115 Å². The van der Waals surface area contributed by atoms with Gasteiger partial charge in [0.1, 0.15) is 11.3 Å². The maximum Gasteiger partial charge on any atom is 0.439 e. The molecule has 0 saturated heterocycles. The molecule has 6 rings (SSSR count). The van der Waals surface area contributed by atoms with Gasteiger partial charge in [-0.25, -0.2) is 19.7 Å². The number of H-pyrrole nitrogens is 1. The Morgan fingerprint density at radius 2 is 1.94 bits per heavy atom. The first-order valence-corrected chi connectivity index (χ1v) is 12.8. The summed E-state index contributed by atoms with van der Waals surface area (Å²) in [6.45, 7) is 7.17. The zero-order valence-electron chi connectivity index (χ0n) is 19.8. The summed E-state index contributed by atoms with van der Waals surface area (Å²) in [5.74, 6) is 4.26. The molecule has 3 saturated carbocycles. The highest BCUT2D eigenvalue weighted by Gasteiger charge is 2.33. The van der Waals surface area contributed by atoms with Crippen LogP contribution in [0.3, 0.4) is 0 Å². The lowest BCUT2D eigenvalue weighted by molar-refractivity contribution is 0.281. The molecule has 3 aliphatic rings. The predicted molar refractivity (Wildman–Crippen MR) is 129 cm³/mol. The van der Waals surface area contributed by atoms with Crippen LogP contribution in [0.5, 0.6) is 0 Å². The molecule has 0 aromatic carbocycles. The second kappa shape index (κ2) is 8.67. The van der Waals surface area contributed by atoms with Crippen molar-refractivity contribution < 1.29 is 4.52 Å². The van der Waals surface area contributed by atoms with Gasteiger partial charge in [-0.15, -0.1) is 6.58 Å². The minimum Gasteiger partial charge on any atom is -0.365 e. The average Bonchev–Trinajstić information content (AvgIpc) is 3.45. The Labute approximate surface area is 198 Å². The van der Waals surface area contributed by atoms with E-state index in [9.17, 15) is 4.79 Å². The van der Waals surface area contributed by atoms with Crippen molar-refractivity contribution in [2.75, 3.05) is 5.32 Å². The average molecular weight is 464 g/mol. The fourth-order valence-electron chi connectivity index (χ4n) is 5.56. The van der Waals surface area contributed by atoms with E-state index in [2.05, 4.69) is 39.6 Å². The summed E-state index contributed by atoms with van der Waals surface area (Å²) in [7, 11) is 0. The molecule has 0 unspecified atom stereocenters. The van der Waals surface area contributed by atoms with Crippen LogP contribution >= 0.6 is 0 Å². The van der Waals surface area contributed by atoms with Gasteiger partial charge in [0.25, 0.3) is 0 Å².